The second-order valence-electron chi connectivity index (χ2n) is 3.48. The topological polar surface area (TPSA) is 30.2 Å². The first kappa shape index (κ1) is 11.8. The molecule has 2 rings (SSSR count). The normalized spacial score (nSPS) is 10.5. The Morgan fingerprint density at radius 1 is 1.29 bits per heavy atom. The van der Waals surface area contributed by atoms with Crippen molar-refractivity contribution >= 4 is 17.4 Å². The van der Waals surface area contributed by atoms with Crippen LogP contribution in [0.3, 0.4) is 0 Å². The Labute approximate surface area is 101 Å². The Morgan fingerprint density at radius 3 is 2.71 bits per heavy atom. The van der Waals surface area contributed by atoms with E-state index in [1.807, 2.05) is 0 Å². The van der Waals surface area contributed by atoms with E-state index in [0.29, 0.717) is 5.56 Å². The lowest BCUT2D eigenvalue weighted by molar-refractivity contribution is 0.0988. The van der Waals surface area contributed by atoms with Gasteiger partial charge in [-0.05, 0) is 23.8 Å². The average Bonchev–Trinajstić information content (AvgIpc) is 2.76. The molecule has 0 saturated heterocycles. The van der Waals surface area contributed by atoms with Gasteiger partial charge in [0.15, 0.2) is 5.78 Å². The van der Waals surface area contributed by atoms with E-state index in [9.17, 15) is 13.6 Å². The molecule has 88 valence electrons. The summed E-state index contributed by atoms with van der Waals surface area (Å²) in [4.78, 5) is 11.7. The highest BCUT2D eigenvalue weighted by molar-refractivity contribution is 6.30. The van der Waals surface area contributed by atoms with Gasteiger partial charge < -0.3 is 4.42 Å². The summed E-state index contributed by atoms with van der Waals surface area (Å²) in [5.41, 5.74) is 0.290. The van der Waals surface area contributed by atoms with Gasteiger partial charge >= 0.3 is 0 Å². The maximum atomic E-state index is 13.4. The predicted molar refractivity (Wildman–Crippen MR) is 58.1 cm³/mol. The van der Waals surface area contributed by atoms with Crippen LogP contribution in [0, 0.1) is 11.6 Å². The molecule has 1 aromatic carbocycles. The first-order valence-electron chi connectivity index (χ1n) is 4.76. The van der Waals surface area contributed by atoms with Gasteiger partial charge in [0, 0.05) is 6.42 Å². The number of carbonyl (C=O) groups is 1. The van der Waals surface area contributed by atoms with Gasteiger partial charge in [0.2, 0.25) is 0 Å². The number of Topliss-reactive ketones (excluding diaryl/α,β-unsaturated/α-hetero) is 1. The fourth-order valence-electron chi connectivity index (χ4n) is 1.41. The molecule has 0 bridgehead atoms. The van der Waals surface area contributed by atoms with Crippen molar-refractivity contribution in [2.24, 2.45) is 0 Å². The van der Waals surface area contributed by atoms with E-state index in [-0.39, 0.29) is 17.0 Å². The highest BCUT2D eigenvalue weighted by Gasteiger charge is 2.16. The van der Waals surface area contributed by atoms with E-state index in [1.165, 1.54) is 12.5 Å². The van der Waals surface area contributed by atoms with E-state index in [4.69, 9.17) is 16.0 Å². The molecule has 0 atom stereocenters. The molecule has 0 aliphatic rings. The maximum Gasteiger partial charge on any atom is 0.170 e. The Morgan fingerprint density at radius 2 is 2.06 bits per heavy atom. The molecule has 0 aliphatic carbocycles. The van der Waals surface area contributed by atoms with Crippen LogP contribution in [-0.2, 0) is 6.42 Å². The van der Waals surface area contributed by atoms with Gasteiger partial charge in [0.25, 0.3) is 0 Å². The number of halogens is 3. The van der Waals surface area contributed by atoms with Gasteiger partial charge in [-0.25, -0.2) is 8.78 Å². The van der Waals surface area contributed by atoms with Crippen molar-refractivity contribution in [2.75, 3.05) is 0 Å². The van der Waals surface area contributed by atoms with Crippen LogP contribution in [0.25, 0.3) is 0 Å². The highest BCUT2D eigenvalue weighted by Crippen LogP contribution is 2.20. The molecule has 2 aromatic rings. The number of ketones is 1. The monoisotopic (exact) mass is 256 g/mol. The molecular formula is C12H7ClF2O2. The van der Waals surface area contributed by atoms with Gasteiger partial charge in [0.05, 0.1) is 23.1 Å². The second kappa shape index (κ2) is 4.67. The summed E-state index contributed by atoms with van der Waals surface area (Å²) in [6.45, 7) is 0. The van der Waals surface area contributed by atoms with Crippen molar-refractivity contribution in [2.45, 2.75) is 6.42 Å². The van der Waals surface area contributed by atoms with Crippen LogP contribution in [0.1, 0.15) is 15.9 Å². The van der Waals surface area contributed by atoms with Crippen LogP contribution in [0.5, 0.6) is 0 Å². The minimum absolute atomic E-state index is 0.0471. The molecule has 0 spiro atoms. The first-order chi connectivity index (χ1) is 8.08. The van der Waals surface area contributed by atoms with Gasteiger partial charge in [-0.2, -0.15) is 0 Å². The summed E-state index contributed by atoms with van der Waals surface area (Å²) >= 11 is 5.39. The zero-order valence-electron chi connectivity index (χ0n) is 8.54. The predicted octanol–water partition coefficient (Wildman–Crippen LogP) is 3.64. The summed E-state index contributed by atoms with van der Waals surface area (Å²) in [6.07, 6.45) is 2.73. The number of rotatable bonds is 3. The molecule has 0 aliphatic heterocycles. The minimum Gasteiger partial charge on any atom is -0.472 e. The molecule has 17 heavy (non-hydrogen) atoms. The lowest BCUT2D eigenvalue weighted by Gasteiger charge is -2.03. The molecule has 0 amide bonds. The minimum atomic E-state index is -0.829. The number of hydrogen-bond acceptors (Lipinski definition) is 2. The second-order valence-corrected chi connectivity index (χ2v) is 3.88. The van der Waals surface area contributed by atoms with Crippen LogP contribution in [-0.4, -0.2) is 5.78 Å². The third kappa shape index (κ3) is 2.53. The standard InChI is InChI=1S/C12H7ClF2O2/c13-9-5-10(14)8(4-11(9)15)12(16)3-7-1-2-17-6-7/h1-2,4-6H,3H2. The Kier molecular flexibility index (Phi) is 3.24. The summed E-state index contributed by atoms with van der Waals surface area (Å²) in [5.74, 6) is -2.17. The van der Waals surface area contributed by atoms with E-state index in [2.05, 4.69) is 0 Å². The number of furan rings is 1. The Hall–Kier alpha value is -1.68. The molecular weight excluding hydrogens is 250 g/mol. The number of hydrogen-bond donors (Lipinski definition) is 0. The van der Waals surface area contributed by atoms with E-state index in [1.54, 1.807) is 6.07 Å². The summed E-state index contributed by atoms with van der Waals surface area (Å²) < 4.78 is 31.3. The number of benzene rings is 1. The van der Waals surface area contributed by atoms with Crippen molar-refractivity contribution in [1.82, 2.24) is 0 Å². The van der Waals surface area contributed by atoms with E-state index >= 15 is 0 Å². The fourth-order valence-corrected chi connectivity index (χ4v) is 1.56. The Bertz CT molecular complexity index is 550. The maximum absolute atomic E-state index is 13.4. The molecule has 1 aromatic heterocycles. The van der Waals surface area contributed by atoms with Crippen LogP contribution < -0.4 is 0 Å². The van der Waals surface area contributed by atoms with Gasteiger partial charge in [0.1, 0.15) is 11.6 Å². The van der Waals surface area contributed by atoms with Crippen LogP contribution in [0.15, 0.2) is 35.1 Å². The smallest absolute Gasteiger partial charge is 0.170 e. The molecule has 0 fully saturated rings. The molecule has 0 saturated carbocycles. The van der Waals surface area contributed by atoms with Crippen LogP contribution >= 0.6 is 11.6 Å². The van der Waals surface area contributed by atoms with E-state index in [0.717, 1.165) is 12.1 Å². The average molecular weight is 257 g/mol. The van der Waals surface area contributed by atoms with Crippen molar-refractivity contribution in [3.8, 4) is 0 Å². The Balaban J connectivity index is 2.28. The summed E-state index contributed by atoms with van der Waals surface area (Å²) in [6, 6.07) is 3.18. The molecule has 0 unspecified atom stereocenters. The number of carbonyl (C=O) groups excluding carboxylic acids is 1. The molecule has 2 nitrogen and oxygen atoms in total. The van der Waals surface area contributed by atoms with Gasteiger partial charge in [-0.15, -0.1) is 0 Å². The third-order valence-electron chi connectivity index (χ3n) is 2.26. The van der Waals surface area contributed by atoms with Crippen molar-refractivity contribution in [3.63, 3.8) is 0 Å². The quantitative estimate of drug-likeness (QED) is 0.620. The zero-order chi connectivity index (χ0) is 12.4. The summed E-state index contributed by atoms with van der Waals surface area (Å²) in [5, 5.41) is -0.345. The van der Waals surface area contributed by atoms with Crippen molar-refractivity contribution < 1.29 is 18.0 Å². The molecule has 1 heterocycles. The van der Waals surface area contributed by atoms with Crippen LogP contribution in [0.2, 0.25) is 5.02 Å². The van der Waals surface area contributed by atoms with E-state index < -0.39 is 17.4 Å². The van der Waals surface area contributed by atoms with Gasteiger partial charge in [-0.3, -0.25) is 4.79 Å². The SMILES string of the molecule is O=C(Cc1ccoc1)c1cc(F)c(Cl)cc1F. The summed E-state index contributed by atoms with van der Waals surface area (Å²) in [7, 11) is 0. The zero-order valence-corrected chi connectivity index (χ0v) is 9.30. The lowest BCUT2D eigenvalue weighted by atomic mass is 10.0. The largest absolute Gasteiger partial charge is 0.472 e. The lowest BCUT2D eigenvalue weighted by Crippen LogP contribution is -2.06. The van der Waals surface area contributed by atoms with Crippen LogP contribution in [0.4, 0.5) is 8.78 Å². The van der Waals surface area contributed by atoms with Crippen molar-refractivity contribution in [3.05, 3.63) is 58.5 Å². The highest BCUT2D eigenvalue weighted by atomic mass is 35.5. The molecule has 0 N–H and O–H groups in total. The molecule has 5 heteroatoms. The molecule has 0 radical (unpaired) electrons. The first-order valence-corrected chi connectivity index (χ1v) is 5.14. The fraction of sp³-hybridized carbons (Fsp3) is 0.0833. The van der Waals surface area contributed by atoms with Gasteiger partial charge in [-0.1, -0.05) is 11.6 Å². The van der Waals surface area contributed by atoms with Crippen molar-refractivity contribution in [1.29, 1.82) is 0 Å². The third-order valence-corrected chi connectivity index (χ3v) is 2.54.